The molecule has 8 nitrogen and oxygen atoms in total. The molecule has 38 heavy (non-hydrogen) atoms. The summed E-state index contributed by atoms with van der Waals surface area (Å²) in [5, 5.41) is 7.66. The first-order valence-electron chi connectivity index (χ1n) is 13.3. The van der Waals surface area contributed by atoms with Gasteiger partial charge in [-0.2, -0.15) is 11.3 Å². The molecular formula is C28H41ClN6O2S. The lowest BCUT2D eigenvalue weighted by Crippen LogP contribution is -2.50. The Labute approximate surface area is 235 Å². The van der Waals surface area contributed by atoms with E-state index in [4.69, 9.17) is 17.3 Å². The summed E-state index contributed by atoms with van der Waals surface area (Å²) in [4.78, 5) is 36.8. The molecule has 1 aliphatic rings. The van der Waals surface area contributed by atoms with Crippen molar-refractivity contribution >= 4 is 34.8 Å². The number of hydrogen-bond donors (Lipinski definition) is 2. The molecule has 3 N–H and O–H groups in total. The minimum Gasteiger partial charge on any atom is -0.403 e. The summed E-state index contributed by atoms with van der Waals surface area (Å²) < 4.78 is 0. The number of nitrogens with zero attached hydrogens (tertiary/aromatic N) is 4. The van der Waals surface area contributed by atoms with Crippen LogP contribution >= 0.6 is 22.9 Å². The van der Waals surface area contributed by atoms with E-state index in [9.17, 15) is 9.59 Å². The molecule has 0 aliphatic carbocycles. The lowest BCUT2D eigenvalue weighted by atomic mass is 10.00. The van der Waals surface area contributed by atoms with Crippen LogP contribution in [0.1, 0.15) is 60.3 Å². The van der Waals surface area contributed by atoms with Crippen molar-refractivity contribution in [1.82, 2.24) is 25.0 Å². The number of pyridine rings is 1. The Morgan fingerprint density at radius 3 is 2.74 bits per heavy atom. The van der Waals surface area contributed by atoms with Crippen LogP contribution < -0.4 is 11.1 Å². The molecule has 208 valence electrons. The van der Waals surface area contributed by atoms with Crippen LogP contribution in [0.4, 0.5) is 0 Å². The number of nitrogens with one attached hydrogen (secondary N) is 1. The van der Waals surface area contributed by atoms with Crippen LogP contribution in [0.5, 0.6) is 0 Å². The van der Waals surface area contributed by atoms with E-state index in [2.05, 4.69) is 39.0 Å². The maximum Gasteiger partial charge on any atom is 0.253 e. The molecule has 0 saturated carbocycles. The van der Waals surface area contributed by atoms with E-state index in [1.54, 1.807) is 23.6 Å². The summed E-state index contributed by atoms with van der Waals surface area (Å²) >= 11 is 7.73. The van der Waals surface area contributed by atoms with Crippen molar-refractivity contribution < 1.29 is 9.59 Å². The van der Waals surface area contributed by atoms with Crippen LogP contribution in [0.15, 0.2) is 35.3 Å². The van der Waals surface area contributed by atoms with Crippen molar-refractivity contribution in [1.29, 1.82) is 0 Å². The van der Waals surface area contributed by atoms with Gasteiger partial charge in [0.15, 0.2) is 0 Å². The van der Waals surface area contributed by atoms with Gasteiger partial charge in [-0.25, -0.2) is 4.98 Å². The Morgan fingerprint density at radius 1 is 1.37 bits per heavy atom. The van der Waals surface area contributed by atoms with Crippen LogP contribution in [0, 0.1) is 6.92 Å². The van der Waals surface area contributed by atoms with Crippen molar-refractivity contribution in [3.05, 3.63) is 62.8 Å². The van der Waals surface area contributed by atoms with Gasteiger partial charge in [0.25, 0.3) is 5.91 Å². The fraction of sp³-hybridized carbons (Fsp3) is 0.536. The van der Waals surface area contributed by atoms with Crippen LogP contribution in [0.3, 0.4) is 0 Å². The molecule has 1 fully saturated rings. The number of thiophene rings is 1. The average Bonchev–Trinajstić information content (AvgIpc) is 3.40. The first kappa shape index (κ1) is 29.9. The van der Waals surface area contributed by atoms with E-state index in [1.807, 2.05) is 30.7 Å². The summed E-state index contributed by atoms with van der Waals surface area (Å²) in [6.45, 7) is 9.46. The van der Waals surface area contributed by atoms with Gasteiger partial charge in [-0.15, -0.1) is 0 Å². The maximum absolute atomic E-state index is 13.2. The normalized spacial score (nSPS) is 15.5. The lowest BCUT2D eigenvalue weighted by Gasteiger charge is -2.41. The standard InChI is InChI=1S/C28H41ClN6O2S/c1-5-24-27(20(2)16-25(29)32-24)28(37)31-11-6-21(3)34-12-7-23(8-13-34)35(17-22-9-15-38-19-22)26(36)18-33(4)14-10-30/h9-10,14-16,19,21,23H,5-8,11-13,17-18,30H2,1-4H3,(H,31,37)/b14-10-. The Kier molecular flexibility index (Phi) is 11.4. The number of amides is 2. The number of carbonyl (C=O) groups is 2. The third-order valence-corrected chi connectivity index (χ3v) is 8.14. The summed E-state index contributed by atoms with van der Waals surface area (Å²) in [6, 6.07) is 4.36. The first-order valence-corrected chi connectivity index (χ1v) is 14.6. The Bertz CT molecular complexity index is 1090. The number of aromatic nitrogens is 1. The molecule has 1 unspecified atom stereocenters. The summed E-state index contributed by atoms with van der Waals surface area (Å²) in [6.07, 6.45) is 6.54. The van der Waals surface area contributed by atoms with Gasteiger partial charge in [-0.3, -0.25) is 9.59 Å². The van der Waals surface area contributed by atoms with Gasteiger partial charge in [0.2, 0.25) is 5.91 Å². The second-order valence-corrected chi connectivity index (χ2v) is 11.2. The second kappa shape index (κ2) is 14.5. The predicted molar refractivity (Wildman–Crippen MR) is 155 cm³/mol. The summed E-state index contributed by atoms with van der Waals surface area (Å²) in [5.74, 6) is 0.0240. The number of halogens is 1. The minimum atomic E-state index is -0.0912. The number of rotatable bonds is 12. The topological polar surface area (TPSA) is 94.8 Å². The van der Waals surface area contributed by atoms with Crippen molar-refractivity contribution in [2.75, 3.05) is 33.2 Å². The fourth-order valence-electron chi connectivity index (χ4n) is 5.07. The summed E-state index contributed by atoms with van der Waals surface area (Å²) in [7, 11) is 1.86. The molecule has 2 aromatic rings. The SMILES string of the molecule is CCc1nc(Cl)cc(C)c1C(=O)NCCC(C)N1CCC(N(Cc2ccsc2)C(=O)CN(C)/C=C\N)CC1. The zero-order valence-corrected chi connectivity index (χ0v) is 24.5. The van der Waals surface area contributed by atoms with E-state index >= 15 is 0 Å². The van der Waals surface area contributed by atoms with Gasteiger partial charge >= 0.3 is 0 Å². The van der Waals surface area contributed by atoms with Crippen molar-refractivity contribution in [2.45, 2.75) is 65.1 Å². The molecule has 2 amide bonds. The maximum atomic E-state index is 13.2. The van der Waals surface area contributed by atoms with E-state index in [-0.39, 0.29) is 17.9 Å². The number of likely N-dealkylation sites (tertiary alicyclic amines) is 1. The molecule has 1 aliphatic heterocycles. The molecular weight excluding hydrogens is 520 g/mol. The van der Waals surface area contributed by atoms with Crippen LogP contribution in [0.25, 0.3) is 0 Å². The number of hydrogen-bond acceptors (Lipinski definition) is 7. The van der Waals surface area contributed by atoms with Gasteiger partial charge in [0, 0.05) is 57.7 Å². The van der Waals surface area contributed by atoms with Gasteiger partial charge in [0.05, 0.1) is 17.8 Å². The molecule has 3 heterocycles. The van der Waals surface area contributed by atoms with Crippen molar-refractivity contribution in [3.8, 4) is 0 Å². The van der Waals surface area contributed by atoms with Crippen LogP contribution in [-0.4, -0.2) is 76.8 Å². The van der Waals surface area contributed by atoms with E-state index in [0.29, 0.717) is 42.8 Å². The zero-order chi connectivity index (χ0) is 27.7. The molecule has 1 saturated heterocycles. The molecule has 0 bridgehead atoms. The number of aryl methyl sites for hydroxylation is 2. The van der Waals surface area contributed by atoms with Gasteiger partial charge in [0.1, 0.15) is 5.15 Å². The van der Waals surface area contributed by atoms with Gasteiger partial charge in [-0.05, 0) is 73.6 Å². The van der Waals surface area contributed by atoms with Gasteiger partial charge < -0.3 is 25.8 Å². The Morgan fingerprint density at radius 2 is 2.11 bits per heavy atom. The number of likely N-dealkylation sites (N-methyl/N-ethyl adjacent to an activating group) is 1. The second-order valence-electron chi connectivity index (χ2n) is 10.0. The number of nitrogens with two attached hydrogens (primary N) is 1. The van der Waals surface area contributed by atoms with E-state index < -0.39 is 0 Å². The third kappa shape index (κ3) is 8.19. The molecule has 1 atom stereocenters. The first-order chi connectivity index (χ1) is 18.2. The molecule has 2 aromatic heterocycles. The zero-order valence-electron chi connectivity index (χ0n) is 23.0. The molecule has 0 spiro atoms. The summed E-state index contributed by atoms with van der Waals surface area (Å²) in [5.41, 5.74) is 8.88. The largest absolute Gasteiger partial charge is 0.403 e. The van der Waals surface area contributed by atoms with E-state index in [0.717, 1.165) is 43.6 Å². The van der Waals surface area contributed by atoms with Crippen molar-refractivity contribution in [3.63, 3.8) is 0 Å². The molecule has 0 aromatic carbocycles. The average molecular weight is 561 g/mol. The van der Waals surface area contributed by atoms with Gasteiger partial charge in [-0.1, -0.05) is 18.5 Å². The van der Waals surface area contributed by atoms with Crippen molar-refractivity contribution in [2.24, 2.45) is 5.73 Å². The molecule has 0 radical (unpaired) electrons. The quantitative estimate of drug-likeness (QED) is 0.381. The fourth-order valence-corrected chi connectivity index (χ4v) is 5.99. The lowest BCUT2D eigenvalue weighted by molar-refractivity contribution is -0.135. The monoisotopic (exact) mass is 560 g/mol. The smallest absolute Gasteiger partial charge is 0.253 e. The Hall–Kier alpha value is -2.62. The highest BCUT2D eigenvalue weighted by Gasteiger charge is 2.30. The minimum absolute atomic E-state index is 0.0912. The van der Waals surface area contributed by atoms with Crippen LogP contribution in [-0.2, 0) is 17.8 Å². The highest BCUT2D eigenvalue weighted by molar-refractivity contribution is 7.07. The molecule has 3 rings (SSSR count). The highest BCUT2D eigenvalue weighted by atomic mass is 35.5. The van der Waals surface area contributed by atoms with E-state index in [1.165, 1.54) is 11.8 Å². The Balaban J connectivity index is 1.52. The van der Waals surface area contributed by atoms with Crippen LogP contribution in [0.2, 0.25) is 5.15 Å². The predicted octanol–water partition coefficient (Wildman–Crippen LogP) is 4.03. The third-order valence-electron chi connectivity index (χ3n) is 7.21. The highest BCUT2D eigenvalue weighted by Crippen LogP contribution is 2.23. The molecule has 10 heteroatoms. The number of piperidine rings is 1. The number of carbonyl (C=O) groups excluding carboxylic acids is 2.